The number of aromatic nitrogens is 6. The lowest BCUT2D eigenvalue weighted by Gasteiger charge is -2.19. The molecule has 0 aliphatic carbocycles. The van der Waals surface area contributed by atoms with Crippen LogP contribution < -0.4 is 30.4 Å². The van der Waals surface area contributed by atoms with Gasteiger partial charge in [-0.15, -0.1) is 10.2 Å². The maximum Gasteiger partial charge on any atom is 0.242 e. The lowest BCUT2D eigenvalue weighted by atomic mass is 9.98. The molecule has 4 aromatic carbocycles. The number of aliphatic hydroxyl groups excluding tert-OH is 1. The lowest BCUT2D eigenvalue weighted by Crippen LogP contribution is -2.40. The van der Waals surface area contributed by atoms with E-state index in [9.17, 15) is 21.9 Å². The number of imidazole rings is 1. The summed E-state index contributed by atoms with van der Waals surface area (Å²) in [4.78, 5) is 7.38. The average molecular weight is 749 g/mol. The Hall–Kier alpha value is -5.44. The second-order valence-electron chi connectivity index (χ2n) is 11.6. The number of nitrogens with two attached hydrogens (primary N) is 2. The van der Waals surface area contributed by atoms with Crippen LogP contribution in [0.15, 0.2) is 88.7 Å². The van der Waals surface area contributed by atoms with Gasteiger partial charge in [0.05, 0.1) is 44.0 Å². The molecule has 52 heavy (non-hydrogen) atoms. The number of hydrogen-bond acceptors (Lipinski definition) is 13. The molecule has 1 atom stereocenters. The minimum absolute atomic E-state index is 0.116. The highest BCUT2D eigenvalue weighted by molar-refractivity contribution is 7.92. The van der Waals surface area contributed by atoms with Crippen LogP contribution in [0, 0.1) is 0 Å². The first-order valence-corrected chi connectivity index (χ1v) is 18.7. The SMILES string of the molecule is COc1ccc(CNS(=O)(=O)c2c(S(=O)(=O)NC[C@H](N)CO)ccc(-c3cccc4[nH]c(N)nc34)c2-c2nnn(Cc3ccc(OC)cc3)n2)cc1. The first kappa shape index (κ1) is 36.4. The zero-order chi connectivity index (χ0) is 37.0. The lowest BCUT2D eigenvalue weighted by molar-refractivity contribution is 0.266. The minimum Gasteiger partial charge on any atom is -0.497 e. The van der Waals surface area contributed by atoms with Crippen LogP contribution in [0.4, 0.5) is 5.95 Å². The highest BCUT2D eigenvalue weighted by Gasteiger charge is 2.34. The van der Waals surface area contributed by atoms with Crippen molar-refractivity contribution >= 4 is 37.0 Å². The van der Waals surface area contributed by atoms with Gasteiger partial charge in [0.1, 0.15) is 21.3 Å². The molecule has 2 heterocycles. The van der Waals surface area contributed by atoms with Crippen LogP contribution in [0.25, 0.3) is 33.5 Å². The molecular weight excluding hydrogens is 713 g/mol. The summed E-state index contributed by atoms with van der Waals surface area (Å²) in [6, 6.07) is 20.6. The van der Waals surface area contributed by atoms with Crippen LogP contribution >= 0.6 is 0 Å². The van der Waals surface area contributed by atoms with E-state index in [0.717, 1.165) is 5.56 Å². The van der Waals surface area contributed by atoms with Crippen LogP contribution in [0.2, 0.25) is 0 Å². The Labute approximate surface area is 299 Å². The summed E-state index contributed by atoms with van der Waals surface area (Å²) in [7, 11) is -6.25. The number of nitrogen functional groups attached to an aromatic ring is 1. The summed E-state index contributed by atoms with van der Waals surface area (Å²) in [6.07, 6.45) is 0. The molecule has 0 saturated carbocycles. The summed E-state index contributed by atoms with van der Waals surface area (Å²) in [5.74, 6) is 1.15. The topological polar surface area (TPSA) is 255 Å². The molecule has 0 radical (unpaired) electrons. The number of sulfonamides is 2. The standard InChI is InChI=1S/C33H36N10O7S2/c1-49-23-10-6-20(7-11-23)16-36-52(47,48)31-28(51(45,46)37-17-22(34)19-44)15-14-25(26-4-3-5-27-30(26)39-33(35)38-27)29(31)32-40-42-43(41-32)18-21-8-12-24(50-2)13-9-21/h3-15,22,36-37,44H,16-19,34H2,1-2H3,(H3,35,38,39)/t22-/m0/s1. The zero-order valence-corrected chi connectivity index (χ0v) is 29.6. The third-order valence-electron chi connectivity index (χ3n) is 8.06. The van der Waals surface area contributed by atoms with Crippen molar-refractivity contribution < 1.29 is 31.4 Å². The van der Waals surface area contributed by atoms with Crippen molar-refractivity contribution in [3.8, 4) is 34.0 Å². The van der Waals surface area contributed by atoms with E-state index in [1.165, 1.54) is 24.0 Å². The van der Waals surface area contributed by atoms with Crippen molar-refractivity contribution in [3.05, 3.63) is 90.0 Å². The van der Waals surface area contributed by atoms with Crippen molar-refractivity contribution in [2.45, 2.75) is 28.9 Å². The van der Waals surface area contributed by atoms with Crippen LogP contribution in [0.3, 0.4) is 0 Å². The second kappa shape index (κ2) is 15.0. The number of aliphatic hydroxyl groups is 1. The summed E-state index contributed by atoms with van der Waals surface area (Å²) in [6.45, 7) is -0.953. The molecule has 0 amide bonds. The number of anilines is 1. The van der Waals surface area contributed by atoms with Crippen LogP contribution in [0.5, 0.6) is 11.5 Å². The normalized spacial score (nSPS) is 12.6. The average Bonchev–Trinajstić information content (AvgIpc) is 3.78. The fourth-order valence-electron chi connectivity index (χ4n) is 5.41. The van der Waals surface area contributed by atoms with Crippen LogP contribution in [0.1, 0.15) is 11.1 Å². The highest BCUT2D eigenvalue weighted by atomic mass is 32.2. The van der Waals surface area contributed by atoms with E-state index in [0.29, 0.717) is 33.7 Å². The number of fused-ring (bicyclic) bond motifs is 1. The van der Waals surface area contributed by atoms with Crippen molar-refractivity contribution in [1.82, 2.24) is 39.6 Å². The maximum absolute atomic E-state index is 14.6. The predicted molar refractivity (Wildman–Crippen MR) is 192 cm³/mol. The van der Waals surface area contributed by atoms with E-state index in [1.807, 2.05) is 12.1 Å². The van der Waals surface area contributed by atoms with Crippen molar-refractivity contribution in [2.24, 2.45) is 5.73 Å². The number of benzene rings is 4. The van der Waals surface area contributed by atoms with E-state index in [4.69, 9.17) is 20.9 Å². The minimum atomic E-state index is -4.71. The number of H-pyrrole nitrogens is 1. The van der Waals surface area contributed by atoms with Gasteiger partial charge in [0.15, 0.2) is 5.95 Å². The molecule has 0 aliphatic heterocycles. The molecule has 2 aromatic heterocycles. The van der Waals surface area contributed by atoms with E-state index in [2.05, 4.69) is 34.8 Å². The van der Waals surface area contributed by atoms with Gasteiger partial charge in [-0.25, -0.2) is 31.3 Å². The van der Waals surface area contributed by atoms with Gasteiger partial charge in [-0.05, 0) is 58.3 Å². The number of nitrogens with one attached hydrogen (secondary N) is 3. The Bertz CT molecular complexity index is 2420. The van der Waals surface area contributed by atoms with E-state index in [-0.39, 0.29) is 42.5 Å². The van der Waals surface area contributed by atoms with E-state index < -0.39 is 42.5 Å². The molecule has 0 spiro atoms. The quantitative estimate of drug-likeness (QED) is 0.0874. The Morgan fingerprint density at radius 1 is 0.865 bits per heavy atom. The number of methoxy groups -OCH3 is 2. The van der Waals surface area contributed by atoms with Gasteiger partial charge in [-0.1, -0.05) is 42.5 Å². The van der Waals surface area contributed by atoms with Crippen molar-refractivity contribution in [2.75, 3.05) is 33.1 Å². The zero-order valence-electron chi connectivity index (χ0n) is 28.0. The Kier molecular flexibility index (Phi) is 10.5. The number of ether oxygens (including phenoxy) is 2. The Morgan fingerprint density at radius 2 is 1.54 bits per heavy atom. The summed E-state index contributed by atoms with van der Waals surface area (Å²) in [5, 5.41) is 22.4. The van der Waals surface area contributed by atoms with Crippen LogP contribution in [-0.4, -0.2) is 85.5 Å². The molecule has 6 aromatic rings. The van der Waals surface area contributed by atoms with Gasteiger partial charge in [0.2, 0.25) is 25.9 Å². The molecule has 0 bridgehead atoms. The molecule has 8 N–H and O–H groups in total. The molecule has 6 rings (SSSR count). The van der Waals surface area contributed by atoms with Crippen LogP contribution in [-0.2, 0) is 33.1 Å². The first-order valence-electron chi connectivity index (χ1n) is 15.7. The fourth-order valence-corrected chi connectivity index (χ4v) is 8.56. The molecule has 0 unspecified atom stereocenters. The third-order valence-corrected chi connectivity index (χ3v) is 11.1. The molecule has 272 valence electrons. The second-order valence-corrected chi connectivity index (χ2v) is 15.0. The molecule has 0 aliphatic rings. The van der Waals surface area contributed by atoms with Gasteiger partial charge < -0.3 is 31.0 Å². The summed E-state index contributed by atoms with van der Waals surface area (Å²) >= 11 is 0. The largest absolute Gasteiger partial charge is 0.497 e. The number of aromatic amines is 1. The summed E-state index contributed by atoms with van der Waals surface area (Å²) in [5.41, 5.74) is 14.6. The number of hydrogen-bond donors (Lipinski definition) is 6. The Balaban J connectivity index is 1.57. The van der Waals surface area contributed by atoms with Gasteiger partial charge >= 0.3 is 0 Å². The van der Waals surface area contributed by atoms with Crippen molar-refractivity contribution in [3.63, 3.8) is 0 Å². The third kappa shape index (κ3) is 7.73. The van der Waals surface area contributed by atoms with Gasteiger partial charge in [-0.3, -0.25) is 0 Å². The van der Waals surface area contributed by atoms with E-state index in [1.54, 1.807) is 61.7 Å². The number of tetrazole rings is 1. The summed E-state index contributed by atoms with van der Waals surface area (Å²) < 4.78 is 72.3. The molecule has 0 saturated heterocycles. The molecule has 0 fully saturated rings. The molecule has 17 nitrogen and oxygen atoms in total. The van der Waals surface area contributed by atoms with Crippen molar-refractivity contribution in [1.29, 1.82) is 0 Å². The van der Waals surface area contributed by atoms with Gasteiger partial charge in [0, 0.05) is 24.7 Å². The maximum atomic E-state index is 14.6. The van der Waals surface area contributed by atoms with Gasteiger partial charge in [0.25, 0.3) is 0 Å². The molecule has 19 heteroatoms. The Morgan fingerprint density at radius 3 is 2.19 bits per heavy atom. The number of para-hydroxylation sites is 1. The first-order chi connectivity index (χ1) is 24.9. The monoisotopic (exact) mass is 748 g/mol. The smallest absolute Gasteiger partial charge is 0.242 e. The predicted octanol–water partition coefficient (Wildman–Crippen LogP) is 1.61. The number of rotatable bonds is 15. The van der Waals surface area contributed by atoms with Gasteiger partial charge in [-0.2, -0.15) is 4.80 Å². The number of nitrogens with zero attached hydrogens (tertiary/aromatic N) is 5. The van der Waals surface area contributed by atoms with E-state index >= 15 is 0 Å². The highest BCUT2D eigenvalue weighted by Crippen LogP contribution is 2.41. The fraction of sp³-hybridized carbons (Fsp3) is 0.212. The molecular formula is C33H36N10O7S2.